The number of nitrogens with zero attached hydrogens (tertiary/aromatic N) is 2. The number of aromatic carboxylic acids is 1. The summed E-state index contributed by atoms with van der Waals surface area (Å²) in [7, 11) is 0. The second kappa shape index (κ2) is 11.0. The molecule has 4 atom stereocenters. The van der Waals surface area contributed by atoms with E-state index in [-0.39, 0.29) is 35.4 Å². The summed E-state index contributed by atoms with van der Waals surface area (Å²) in [5.41, 5.74) is 0.716. The van der Waals surface area contributed by atoms with E-state index in [9.17, 15) is 19.5 Å². The summed E-state index contributed by atoms with van der Waals surface area (Å²) in [6.45, 7) is 4.43. The summed E-state index contributed by atoms with van der Waals surface area (Å²) < 4.78 is 16.6. The third-order valence-corrected chi connectivity index (χ3v) is 9.59. The molecule has 2 N–H and O–H groups in total. The maximum Gasteiger partial charge on any atom is 0.335 e. The van der Waals surface area contributed by atoms with Crippen LogP contribution in [0.3, 0.4) is 0 Å². The molecule has 0 bridgehead atoms. The Morgan fingerprint density at radius 3 is 2.57 bits per heavy atom. The lowest BCUT2D eigenvalue weighted by Crippen LogP contribution is -2.63. The molecular formula is C32H30Cl2FN3O4. The number of benzene rings is 2. The van der Waals surface area contributed by atoms with Crippen molar-refractivity contribution in [2.24, 2.45) is 17.8 Å². The normalized spacial score (nSPS) is 27.7. The largest absolute Gasteiger partial charge is 0.478 e. The number of likely N-dealkylation sites (tertiary alicyclic amines) is 1. The standard InChI is InChI=1S/C32H30Cl2FN3O4/c1-18(33)4-2-7-24(35)28-27-26(17-37(29(27)39)23-12-9-20(10-13-23)30(40)41)38(16-19-5-3-6-19)32(28)15-21-8-11-22(34)14-25(21)36-31(32)42/h2,4,7-14,19,26-28H,1,3,5-6,15-17H2,(H,36,42)(H,40,41)/b4-2-,24-7-/t26-,27+,28-,32+/m0/s1. The van der Waals surface area contributed by atoms with Crippen LogP contribution in [0.25, 0.3) is 0 Å². The van der Waals surface area contributed by atoms with Gasteiger partial charge in [-0.3, -0.25) is 14.5 Å². The summed E-state index contributed by atoms with van der Waals surface area (Å²) >= 11 is 12.1. The van der Waals surface area contributed by atoms with Crippen LogP contribution < -0.4 is 10.2 Å². The molecular weight excluding hydrogens is 580 g/mol. The van der Waals surface area contributed by atoms with Crippen molar-refractivity contribution < 1.29 is 23.9 Å². The molecule has 3 heterocycles. The van der Waals surface area contributed by atoms with Crippen LogP contribution in [0, 0.1) is 17.8 Å². The van der Waals surface area contributed by atoms with E-state index in [1.165, 1.54) is 30.4 Å². The second-order valence-electron chi connectivity index (χ2n) is 11.5. The first-order valence-electron chi connectivity index (χ1n) is 14.0. The number of allylic oxidation sites excluding steroid dienone is 4. The Morgan fingerprint density at radius 1 is 1.19 bits per heavy atom. The van der Waals surface area contributed by atoms with Crippen molar-refractivity contribution in [1.29, 1.82) is 0 Å². The first kappa shape index (κ1) is 28.6. The number of halogens is 3. The van der Waals surface area contributed by atoms with Crippen molar-refractivity contribution in [3.63, 3.8) is 0 Å². The van der Waals surface area contributed by atoms with E-state index < -0.39 is 35.2 Å². The molecule has 4 aliphatic rings. The van der Waals surface area contributed by atoms with Crippen LogP contribution in [0.5, 0.6) is 0 Å². The van der Waals surface area contributed by atoms with Gasteiger partial charge in [-0.25, -0.2) is 9.18 Å². The van der Waals surface area contributed by atoms with Gasteiger partial charge in [0.05, 0.1) is 17.4 Å². The van der Waals surface area contributed by atoms with Crippen LogP contribution in [0.2, 0.25) is 5.02 Å². The van der Waals surface area contributed by atoms with Gasteiger partial charge in [0, 0.05) is 47.0 Å². The van der Waals surface area contributed by atoms with E-state index in [0.717, 1.165) is 24.8 Å². The van der Waals surface area contributed by atoms with Gasteiger partial charge >= 0.3 is 5.97 Å². The zero-order valence-corrected chi connectivity index (χ0v) is 24.2. The monoisotopic (exact) mass is 609 g/mol. The van der Waals surface area contributed by atoms with Gasteiger partial charge in [0.15, 0.2) is 0 Å². The minimum Gasteiger partial charge on any atom is -0.478 e. The number of carbonyl (C=O) groups excluding carboxylic acids is 2. The minimum absolute atomic E-state index is 0.105. The third-order valence-electron chi connectivity index (χ3n) is 9.23. The fraction of sp³-hybridized carbons (Fsp3) is 0.344. The highest BCUT2D eigenvalue weighted by Crippen LogP contribution is 2.55. The number of rotatable bonds is 7. The van der Waals surface area contributed by atoms with Crippen molar-refractivity contribution in [3.05, 3.63) is 94.3 Å². The molecule has 3 fully saturated rings. The summed E-state index contributed by atoms with van der Waals surface area (Å²) in [5.74, 6) is -3.87. The molecule has 1 aliphatic carbocycles. The zero-order chi connectivity index (χ0) is 29.8. The van der Waals surface area contributed by atoms with E-state index in [4.69, 9.17) is 23.2 Å². The highest BCUT2D eigenvalue weighted by molar-refractivity contribution is 6.31. The number of carbonyl (C=O) groups is 3. The second-order valence-corrected chi connectivity index (χ2v) is 12.5. The Labute approximate surface area is 253 Å². The minimum atomic E-state index is -1.34. The summed E-state index contributed by atoms with van der Waals surface area (Å²) in [4.78, 5) is 43.6. The number of fused-ring (bicyclic) bond motifs is 2. The molecule has 2 saturated heterocycles. The molecule has 2 aromatic carbocycles. The van der Waals surface area contributed by atoms with Crippen molar-refractivity contribution in [2.75, 3.05) is 23.3 Å². The number of carboxylic acids is 1. The average Bonchev–Trinajstić information content (AvgIpc) is 3.38. The highest BCUT2D eigenvalue weighted by atomic mass is 35.5. The molecule has 218 valence electrons. The molecule has 2 amide bonds. The van der Waals surface area contributed by atoms with Crippen LogP contribution in [0.15, 0.2) is 78.1 Å². The number of carboxylic acid groups (broad SMARTS) is 1. The molecule has 0 radical (unpaired) electrons. The molecule has 7 nitrogen and oxygen atoms in total. The Morgan fingerprint density at radius 2 is 1.93 bits per heavy atom. The number of anilines is 2. The summed E-state index contributed by atoms with van der Waals surface area (Å²) in [6, 6.07) is 10.9. The smallest absolute Gasteiger partial charge is 0.335 e. The third kappa shape index (κ3) is 4.75. The van der Waals surface area contributed by atoms with Gasteiger partial charge in [-0.05, 0) is 72.9 Å². The summed E-state index contributed by atoms with van der Waals surface area (Å²) in [6.07, 6.45) is 7.51. The predicted molar refractivity (Wildman–Crippen MR) is 160 cm³/mol. The quantitative estimate of drug-likeness (QED) is 0.365. The van der Waals surface area contributed by atoms with Crippen LogP contribution in [0.1, 0.15) is 35.2 Å². The molecule has 0 unspecified atom stereocenters. The van der Waals surface area contributed by atoms with Gasteiger partial charge in [-0.1, -0.05) is 48.3 Å². The van der Waals surface area contributed by atoms with Crippen molar-refractivity contribution in [3.8, 4) is 0 Å². The first-order chi connectivity index (χ1) is 20.1. The number of hydrogen-bond donors (Lipinski definition) is 2. The lowest BCUT2D eigenvalue weighted by atomic mass is 9.71. The molecule has 1 spiro atoms. The van der Waals surface area contributed by atoms with Crippen LogP contribution in [-0.2, 0) is 16.0 Å². The topological polar surface area (TPSA) is 89.9 Å². The molecule has 42 heavy (non-hydrogen) atoms. The SMILES string of the molecule is C=C(Cl)/C=C\C=C(/F)[C@H]1[C@@H]2C(=O)N(c3ccc(C(=O)O)cc3)C[C@@H]2N(CC2CCC2)[C@]12Cc1ccc(Cl)cc1NC2=O. The molecule has 0 aromatic heterocycles. The lowest BCUT2D eigenvalue weighted by Gasteiger charge is -2.47. The number of amides is 2. The number of hydrogen-bond acceptors (Lipinski definition) is 4. The van der Waals surface area contributed by atoms with Gasteiger partial charge in [0.25, 0.3) is 0 Å². The van der Waals surface area contributed by atoms with Crippen LogP contribution in [0.4, 0.5) is 15.8 Å². The first-order valence-corrected chi connectivity index (χ1v) is 14.8. The highest BCUT2D eigenvalue weighted by Gasteiger charge is 2.69. The Kier molecular flexibility index (Phi) is 7.50. The lowest BCUT2D eigenvalue weighted by molar-refractivity contribution is -0.131. The van der Waals surface area contributed by atoms with Gasteiger partial charge in [-0.2, -0.15) is 0 Å². The maximum atomic E-state index is 16.6. The van der Waals surface area contributed by atoms with Crippen LogP contribution in [-0.4, -0.2) is 52.5 Å². The van der Waals surface area contributed by atoms with Crippen molar-refractivity contribution in [1.82, 2.24) is 4.90 Å². The van der Waals surface area contributed by atoms with E-state index in [1.807, 2.05) is 6.07 Å². The Hall–Kier alpha value is -3.46. The molecule has 1 saturated carbocycles. The molecule has 3 aliphatic heterocycles. The van der Waals surface area contributed by atoms with Crippen molar-refractivity contribution >= 4 is 52.4 Å². The van der Waals surface area contributed by atoms with E-state index in [2.05, 4.69) is 16.8 Å². The fourth-order valence-corrected chi connectivity index (χ4v) is 7.33. The van der Waals surface area contributed by atoms with Gasteiger partial charge in [0.2, 0.25) is 11.8 Å². The summed E-state index contributed by atoms with van der Waals surface area (Å²) in [5, 5.41) is 13.0. The Balaban J connectivity index is 1.47. The number of nitrogens with one attached hydrogen (secondary N) is 1. The van der Waals surface area contributed by atoms with Crippen molar-refractivity contribution in [2.45, 2.75) is 37.3 Å². The average molecular weight is 611 g/mol. The van der Waals surface area contributed by atoms with Gasteiger partial charge in [-0.15, -0.1) is 0 Å². The maximum absolute atomic E-state index is 16.6. The van der Waals surface area contributed by atoms with Gasteiger partial charge in [0.1, 0.15) is 11.4 Å². The van der Waals surface area contributed by atoms with E-state index in [0.29, 0.717) is 28.9 Å². The Bertz CT molecular complexity index is 1540. The van der Waals surface area contributed by atoms with Gasteiger partial charge < -0.3 is 15.3 Å². The van der Waals surface area contributed by atoms with E-state index in [1.54, 1.807) is 29.2 Å². The molecule has 2 aromatic rings. The fourth-order valence-electron chi connectivity index (χ4n) is 7.08. The zero-order valence-electron chi connectivity index (χ0n) is 22.7. The molecule has 6 rings (SSSR count). The predicted octanol–water partition coefficient (Wildman–Crippen LogP) is 6.20. The van der Waals surface area contributed by atoms with E-state index >= 15 is 4.39 Å². The van der Waals surface area contributed by atoms with Crippen LogP contribution >= 0.6 is 23.2 Å². The molecule has 10 heteroatoms.